The van der Waals surface area contributed by atoms with Crippen LogP contribution in [0, 0.1) is 12.3 Å². The molecule has 0 aliphatic rings. The molecule has 0 aromatic heterocycles. The summed E-state index contributed by atoms with van der Waals surface area (Å²) in [5.74, 6) is 0.625. The van der Waals surface area contributed by atoms with Crippen LogP contribution >= 0.6 is 0 Å². The number of rotatable bonds is 4. The predicted molar refractivity (Wildman–Crippen MR) is 47.7 cm³/mol. The van der Waals surface area contributed by atoms with E-state index in [4.69, 9.17) is 6.42 Å². The first kappa shape index (κ1) is 15.1. The Kier molecular flexibility index (Phi) is 5.88. The summed E-state index contributed by atoms with van der Waals surface area (Å²) in [6.07, 6.45) is -2.65. The molecule has 0 saturated carbocycles. The van der Waals surface area contributed by atoms with E-state index in [9.17, 15) is 22.8 Å². The predicted octanol–water partition coefficient (Wildman–Crippen LogP) is 1.27. The summed E-state index contributed by atoms with van der Waals surface area (Å²) in [4.78, 5) is 21.7. The lowest BCUT2D eigenvalue weighted by atomic mass is 10.4. The highest BCUT2D eigenvalue weighted by atomic mass is 19.4. The second kappa shape index (κ2) is 6.62. The molecular weight excluding hydrogens is 245 g/mol. The molecule has 0 amide bonds. The SMILES string of the molecule is C#CCOC(=O)OC(C)C(=O)OCC(F)(F)F. The van der Waals surface area contributed by atoms with Gasteiger partial charge in [-0.15, -0.1) is 6.42 Å². The Bertz CT molecular complexity index is 318. The number of hydrogen-bond donors (Lipinski definition) is 0. The van der Waals surface area contributed by atoms with Crippen molar-refractivity contribution in [3.63, 3.8) is 0 Å². The fraction of sp³-hybridized carbons (Fsp3) is 0.556. The van der Waals surface area contributed by atoms with Crippen molar-refractivity contribution < 1.29 is 37.0 Å². The van der Waals surface area contributed by atoms with Crippen LogP contribution in [0.2, 0.25) is 0 Å². The lowest BCUT2D eigenvalue weighted by Gasteiger charge is -2.13. The van der Waals surface area contributed by atoms with Crippen LogP contribution in [0.3, 0.4) is 0 Å². The third kappa shape index (κ3) is 7.96. The van der Waals surface area contributed by atoms with Gasteiger partial charge < -0.3 is 14.2 Å². The highest BCUT2D eigenvalue weighted by molar-refractivity contribution is 5.77. The second-order valence-corrected chi connectivity index (χ2v) is 2.73. The van der Waals surface area contributed by atoms with Gasteiger partial charge in [0.25, 0.3) is 0 Å². The first-order valence-electron chi connectivity index (χ1n) is 4.26. The summed E-state index contributed by atoms with van der Waals surface area (Å²) in [7, 11) is 0. The molecule has 0 N–H and O–H groups in total. The molecule has 1 atom stereocenters. The lowest BCUT2D eigenvalue weighted by Crippen LogP contribution is -2.30. The molecule has 1 unspecified atom stereocenters. The molecule has 0 rings (SSSR count). The fourth-order valence-electron chi connectivity index (χ4n) is 0.597. The van der Waals surface area contributed by atoms with Crippen molar-refractivity contribution in [3.8, 4) is 12.3 Å². The number of alkyl halides is 3. The van der Waals surface area contributed by atoms with E-state index < -0.39 is 31.0 Å². The second-order valence-electron chi connectivity index (χ2n) is 2.73. The summed E-state index contributed by atoms with van der Waals surface area (Å²) in [5.41, 5.74) is 0. The van der Waals surface area contributed by atoms with Gasteiger partial charge in [0.2, 0.25) is 0 Å². The molecule has 0 bridgehead atoms. The molecule has 17 heavy (non-hydrogen) atoms. The van der Waals surface area contributed by atoms with E-state index in [-0.39, 0.29) is 6.61 Å². The molecule has 0 aliphatic heterocycles. The minimum atomic E-state index is -4.64. The number of carbonyl (C=O) groups is 2. The maximum absolute atomic E-state index is 11.7. The van der Waals surface area contributed by atoms with Crippen LogP contribution in [0.1, 0.15) is 6.92 Å². The van der Waals surface area contributed by atoms with Crippen LogP contribution in [0.25, 0.3) is 0 Å². The zero-order chi connectivity index (χ0) is 13.5. The number of terminal acetylenes is 1. The van der Waals surface area contributed by atoms with Gasteiger partial charge in [-0.25, -0.2) is 9.59 Å². The third-order valence-corrected chi connectivity index (χ3v) is 1.26. The minimum absolute atomic E-state index is 0.372. The van der Waals surface area contributed by atoms with E-state index in [0.717, 1.165) is 6.92 Å². The molecule has 96 valence electrons. The standard InChI is InChI=1S/C9H9F3O5/c1-3-4-15-8(14)17-6(2)7(13)16-5-9(10,11)12/h1,6H,4-5H2,2H3. The van der Waals surface area contributed by atoms with Crippen LogP contribution in [-0.4, -0.2) is 37.6 Å². The van der Waals surface area contributed by atoms with Crippen molar-refractivity contribution in [2.75, 3.05) is 13.2 Å². The van der Waals surface area contributed by atoms with Crippen LogP contribution in [0.15, 0.2) is 0 Å². The highest BCUT2D eigenvalue weighted by Gasteiger charge is 2.31. The summed E-state index contributed by atoms with van der Waals surface area (Å²) >= 11 is 0. The molecule has 8 heteroatoms. The molecule has 0 spiro atoms. The van der Waals surface area contributed by atoms with Crippen LogP contribution in [0.4, 0.5) is 18.0 Å². The molecule has 0 fully saturated rings. The van der Waals surface area contributed by atoms with Gasteiger partial charge in [0.05, 0.1) is 0 Å². The number of ether oxygens (including phenoxy) is 3. The van der Waals surface area contributed by atoms with Crippen LogP contribution in [-0.2, 0) is 19.0 Å². The molecular formula is C9H9F3O5. The van der Waals surface area contributed by atoms with Crippen molar-refractivity contribution in [1.82, 2.24) is 0 Å². The van der Waals surface area contributed by atoms with Crippen LogP contribution in [0.5, 0.6) is 0 Å². The van der Waals surface area contributed by atoms with Crippen molar-refractivity contribution in [2.45, 2.75) is 19.2 Å². The largest absolute Gasteiger partial charge is 0.510 e. The average molecular weight is 254 g/mol. The smallest absolute Gasteiger partial charge is 0.453 e. The minimum Gasteiger partial charge on any atom is -0.453 e. The molecule has 0 saturated heterocycles. The molecule has 0 aliphatic carbocycles. The molecule has 5 nitrogen and oxygen atoms in total. The quantitative estimate of drug-likeness (QED) is 0.558. The van der Waals surface area contributed by atoms with E-state index in [1.807, 2.05) is 5.92 Å². The van der Waals surface area contributed by atoms with Crippen molar-refractivity contribution in [1.29, 1.82) is 0 Å². The summed E-state index contributed by atoms with van der Waals surface area (Å²) in [6.45, 7) is -1.09. The normalized spacial score (nSPS) is 12.2. The van der Waals surface area contributed by atoms with Gasteiger partial charge in [-0.3, -0.25) is 0 Å². The number of hydrogen-bond acceptors (Lipinski definition) is 5. The van der Waals surface area contributed by atoms with Crippen molar-refractivity contribution in [2.24, 2.45) is 0 Å². The lowest BCUT2D eigenvalue weighted by molar-refractivity contribution is -0.191. The fourth-order valence-corrected chi connectivity index (χ4v) is 0.597. The topological polar surface area (TPSA) is 61.8 Å². The van der Waals surface area contributed by atoms with Gasteiger partial charge in [-0.2, -0.15) is 13.2 Å². The van der Waals surface area contributed by atoms with Gasteiger partial charge in [0, 0.05) is 0 Å². The summed E-state index contributed by atoms with van der Waals surface area (Å²) in [5, 5.41) is 0. The first-order chi connectivity index (χ1) is 7.76. The number of esters is 1. The van der Waals surface area contributed by atoms with Gasteiger partial charge in [0.1, 0.15) is 0 Å². The van der Waals surface area contributed by atoms with E-state index in [2.05, 4.69) is 14.2 Å². The Morgan fingerprint density at radius 3 is 2.41 bits per heavy atom. The van der Waals surface area contributed by atoms with Crippen LogP contribution < -0.4 is 0 Å². The summed E-state index contributed by atoms with van der Waals surface area (Å²) in [6, 6.07) is 0. The average Bonchev–Trinajstić information content (AvgIpc) is 2.21. The monoisotopic (exact) mass is 254 g/mol. The molecule has 0 aromatic rings. The Hall–Kier alpha value is -1.91. The molecule has 0 heterocycles. The third-order valence-electron chi connectivity index (χ3n) is 1.26. The van der Waals surface area contributed by atoms with E-state index >= 15 is 0 Å². The molecule has 0 radical (unpaired) electrons. The maximum atomic E-state index is 11.7. The Morgan fingerprint density at radius 1 is 1.35 bits per heavy atom. The zero-order valence-electron chi connectivity index (χ0n) is 8.74. The number of halogens is 3. The highest BCUT2D eigenvalue weighted by Crippen LogP contribution is 2.15. The van der Waals surface area contributed by atoms with E-state index in [1.165, 1.54) is 0 Å². The van der Waals surface area contributed by atoms with E-state index in [1.54, 1.807) is 0 Å². The molecule has 0 aromatic carbocycles. The Morgan fingerprint density at radius 2 is 1.94 bits per heavy atom. The van der Waals surface area contributed by atoms with Gasteiger partial charge in [-0.1, -0.05) is 5.92 Å². The maximum Gasteiger partial charge on any atom is 0.510 e. The Balaban J connectivity index is 3.98. The van der Waals surface area contributed by atoms with E-state index in [0.29, 0.717) is 0 Å². The van der Waals surface area contributed by atoms with Gasteiger partial charge in [-0.05, 0) is 6.92 Å². The van der Waals surface area contributed by atoms with Gasteiger partial charge >= 0.3 is 18.3 Å². The number of carbonyl (C=O) groups excluding carboxylic acids is 2. The Labute approximate surface area is 94.8 Å². The zero-order valence-corrected chi connectivity index (χ0v) is 8.74. The van der Waals surface area contributed by atoms with Crippen molar-refractivity contribution >= 4 is 12.1 Å². The van der Waals surface area contributed by atoms with Crippen molar-refractivity contribution in [3.05, 3.63) is 0 Å². The van der Waals surface area contributed by atoms with Gasteiger partial charge in [0.15, 0.2) is 19.3 Å². The summed E-state index contributed by atoms with van der Waals surface area (Å²) < 4.78 is 47.4. The first-order valence-corrected chi connectivity index (χ1v) is 4.26.